The van der Waals surface area contributed by atoms with Gasteiger partial charge in [0.15, 0.2) is 11.5 Å². The van der Waals surface area contributed by atoms with E-state index >= 15 is 0 Å². The van der Waals surface area contributed by atoms with Crippen LogP contribution in [0.4, 0.5) is 13.2 Å². The first kappa shape index (κ1) is 13.6. The Morgan fingerprint density at radius 2 is 1.94 bits per heavy atom. The second kappa shape index (κ2) is 5.27. The fourth-order valence-corrected chi connectivity index (χ4v) is 1.53. The van der Waals surface area contributed by atoms with Crippen molar-refractivity contribution in [3.05, 3.63) is 23.3 Å². The zero-order valence-corrected chi connectivity index (χ0v) is 9.60. The van der Waals surface area contributed by atoms with Crippen LogP contribution in [0.15, 0.2) is 12.1 Å². The number of rotatable bonds is 4. The average molecular weight is 249 g/mol. The maximum atomic E-state index is 12.9. The first-order valence-corrected chi connectivity index (χ1v) is 5.05. The number of methoxy groups -OCH3 is 1. The molecule has 0 aliphatic rings. The lowest BCUT2D eigenvalue weighted by molar-refractivity contribution is -0.139. The number of nitrogens with two attached hydrogens (primary N) is 1. The number of benzene rings is 1. The highest BCUT2D eigenvalue weighted by atomic mass is 19.4. The van der Waals surface area contributed by atoms with Gasteiger partial charge in [0.25, 0.3) is 0 Å². The molecule has 0 fully saturated rings. The second-order valence-corrected chi connectivity index (χ2v) is 3.27. The van der Waals surface area contributed by atoms with Gasteiger partial charge in [0.05, 0.1) is 13.7 Å². The van der Waals surface area contributed by atoms with Crippen LogP contribution >= 0.6 is 0 Å². The van der Waals surface area contributed by atoms with Crippen LogP contribution in [0.2, 0.25) is 0 Å². The molecule has 0 unspecified atom stereocenters. The quantitative estimate of drug-likeness (QED) is 0.891. The molecule has 3 nitrogen and oxygen atoms in total. The molecule has 0 aliphatic carbocycles. The lowest BCUT2D eigenvalue weighted by Crippen LogP contribution is -2.15. The van der Waals surface area contributed by atoms with Gasteiger partial charge in [-0.2, -0.15) is 13.2 Å². The van der Waals surface area contributed by atoms with Crippen molar-refractivity contribution in [2.75, 3.05) is 13.7 Å². The van der Waals surface area contributed by atoms with E-state index < -0.39 is 11.7 Å². The fourth-order valence-electron chi connectivity index (χ4n) is 1.53. The molecule has 0 spiro atoms. The van der Waals surface area contributed by atoms with Crippen LogP contribution in [0, 0.1) is 0 Å². The van der Waals surface area contributed by atoms with Crippen LogP contribution in [-0.4, -0.2) is 13.7 Å². The lowest BCUT2D eigenvalue weighted by Gasteiger charge is -2.19. The van der Waals surface area contributed by atoms with Gasteiger partial charge < -0.3 is 15.2 Å². The zero-order chi connectivity index (χ0) is 13.1. The van der Waals surface area contributed by atoms with Crippen LogP contribution in [0.25, 0.3) is 0 Å². The van der Waals surface area contributed by atoms with Crippen LogP contribution in [0.1, 0.15) is 18.1 Å². The smallest absolute Gasteiger partial charge is 0.420 e. The van der Waals surface area contributed by atoms with Crippen molar-refractivity contribution in [2.45, 2.75) is 19.6 Å². The molecule has 0 radical (unpaired) electrons. The summed E-state index contributed by atoms with van der Waals surface area (Å²) < 4.78 is 48.7. The predicted octanol–water partition coefficient (Wildman–Crippen LogP) is 2.57. The van der Waals surface area contributed by atoms with Gasteiger partial charge in [-0.05, 0) is 18.6 Å². The molecule has 2 N–H and O–H groups in total. The molecule has 0 atom stereocenters. The number of hydrogen-bond acceptors (Lipinski definition) is 3. The molecule has 1 rings (SSSR count). The van der Waals surface area contributed by atoms with E-state index in [9.17, 15) is 13.2 Å². The second-order valence-electron chi connectivity index (χ2n) is 3.27. The molecular formula is C11H14F3NO2. The fraction of sp³-hybridized carbons (Fsp3) is 0.455. The number of ether oxygens (including phenoxy) is 2. The highest BCUT2D eigenvalue weighted by Gasteiger charge is 2.38. The molecule has 17 heavy (non-hydrogen) atoms. The van der Waals surface area contributed by atoms with Crippen LogP contribution in [0.5, 0.6) is 11.5 Å². The van der Waals surface area contributed by atoms with Crippen molar-refractivity contribution in [2.24, 2.45) is 5.73 Å². The minimum Gasteiger partial charge on any atom is -0.493 e. The highest BCUT2D eigenvalue weighted by Crippen LogP contribution is 2.43. The maximum absolute atomic E-state index is 12.9. The van der Waals surface area contributed by atoms with Gasteiger partial charge in [0.1, 0.15) is 5.56 Å². The summed E-state index contributed by atoms with van der Waals surface area (Å²) in [4.78, 5) is 0. The molecular weight excluding hydrogens is 235 g/mol. The van der Waals surface area contributed by atoms with Crippen molar-refractivity contribution in [1.29, 1.82) is 0 Å². The van der Waals surface area contributed by atoms with Crippen molar-refractivity contribution in [3.8, 4) is 11.5 Å². The molecule has 1 aromatic carbocycles. The first-order valence-electron chi connectivity index (χ1n) is 5.05. The van der Waals surface area contributed by atoms with E-state index in [1.165, 1.54) is 19.2 Å². The first-order chi connectivity index (χ1) is 7.95. The summed E-state index contributed by atoms with van der Waals surface area (Å²) in [6, 6.07) is 2.71. The highest BCUT2D eigenvalue weighted by molar-refractivity contribution is 5.52. The van der Waals surface area contributed by atoms with Crippen molar-refractivity contribution in [3.63, 3.8) is 0 Å². The molecule has 0 aromatic heterocycles. The maximum Gasteiger partial charge on any atom is 0.420 e. The Kier molecular flexibility index (Phi) is 4.22. The Balaban J connectivity index is 3.47. The summed E-state index contributed by atoms with van der Waals surface area (Å²) in [5, 5.41) is 0. The van der Waals surface area contributed by atoms with E-state index in [2.05, 4.69) is 0 Å². The van der Waals surface area contributed by atoms with Crippen LogP contribution in [0.3, 0.4) is 0 Å². The molecule has 0 saturated carbocycles. The molecule has 96 valence electrons. The summed E-state index contributed by atoms with van der Waals surface area (Å²) in [6.45, 7) is 1.51. The van der Waals surface area contributed by atoms with E-state index in [1.807, 2.05) is 0 Å². The molecule has 0 heterocycles. The molecule has 0 aliphatic heterocycles. The van der Waals surface area contributed by atoms with Gasteiger partial charge in [0, 0.05) is 6.54 Å². The van der Waals surface area contributed by atoms with Gasteiger partial charge in [-0.25, -0.2) is 0 Å². The standard InChI is InChI=1S/C11H14F3NO2/c1-3-17-10-8(16-2)5-4-7(6-15)9(10)11(12,13)14/h4-5H,3,6,15H2,1-2H3. The third kappa shape index (κ3) is 2.82. The zero-order valence-electron chi connectivity index (χ0n) is 9.60. The SMILES string of the molecule is CCOc1c(OC)ccc(CN)c1C(F)(F)F. The largest absolute Gasteiger partial charge is 0.493 e. The van der Waals surface area contributed by atoms with Crippen molar-refractivity contribution in [1.82, 2.24) is 0 Å². The van der Waals surface area contributed by atoms with Gasteiger partial charge in [-0.3, -0.25) is 0 Å². The third-order valence-electron chi connectivity index (χ3n) is 2.22. The van der Waals surface area contributed by atoms with E-state index in [0.29, 0.717) is 0 Å². The molecule has 0 amide bonds. The van der Waals surface area contributed by atoms with E-state index in [-0.39, 0.29) is 30.2 Å². The Morgan fingerprint density at radius 3 is 2.35 bits per heavy atom. The molecule has 0 saturated heterocycles. The Morgan fingerprint density at radius 1 is 1.29 bits per heavy atom. The van der Waals surface area contributed by atoms with Gasteiger partial charge in [-0.15, -0.1) is 0 Å². The van der Waals surface area contributed by atoms with Crippen molar-refractivity contribution < 1.29 is 22.6 Å². The third-order valence-corrected chi connectivity index (χ3v) is 2.22. The summed E-state index contributed by atoms with van der Waals surface area (Å²) in [7, 11) is 1.29. The number of alkyl halides is 3. The normalized spacial score (nSPS) is 11.4. The summed E-state index contributed by atoms with van der Waals surface area (Å²) in [5.74, 6) is -0.248. The van der Waals surface area contributed by atoms with Crippen LogP contribution in [-0.2, 0) is 12.7 Å². The molecule has 1 aromatic rings. The van der Waals surface area contributed by atoms with E-state index in [4.69, 9.17) is 15.2 Å². The Labute approximate surface area is 97.3 Å². The minimum atomic E-state index is -4.52. The van der Waals surface area contributed by atoms with Gasteiger partial charge in [0.2, 0.25) is 0 Å². The summed E-state index contributed by atoms with van der Waals surface area (Å²) in [6.07, 6.45) is -4.52. The van der Waals surface area contributed by atoms with Gasteiger partial charge in [-0.1, -0.05) is 6.07 Å². The van der Waals surface area contributed by atoms with E-state index in [0.717, 1.165) is 0 Å². The van der Waals surface area contributed by atoms with Crippen molar-refractivity contribution >= 4 is 0 Å². The Hall–Kier alpha value is -1.43. The number of halogens is 3. The topological polar surface area (TPSA) is 44.5 Å². The average Bonchev–Trinajstić information content (AvgIpc) is 2.27. The summed E-state index contributed by atoms with van der Waals surface area (Å²) in [5.41, 5.74) is 4.44. The Bertz CT molecular complexity index is 391. The van der Waals surface area contributed by atoms with Gasteiger partial charge >= 0.3 is 6.18 Å². The van der Waals surface area contributed by atoms with Crippen LogP contribution < -0.4 is 15.2 Å². The monoisotopic (exact) mass is 249 g/mol. The minimum absolute atomic E-state index is 0.0123. The lowest BCUT2D eigenvalue weighted by atomic mass is 10.0. The summed E-state index contributed by atoms with van der Waals surface area (Å²) >= 11 is 0. The molecule has 0 bridgehead atoms. The predicted molar refractivity (Wildman–Crippen MR) is 57.1 cm³/mol. The molecule has 6 heteroatoms. The number of hydrogen-bond donors (Lipinski definition) is 1. The van der Waals surface area contributed by atoms with E-state index in [1.54, 1.807) is 6.92 Å².